The van der Waals surface area contributed by atoms with Crippen molar-refractivity contribution in [1.82, 2.24) is 9.80 Å². The minimum Gasteiger partial charge on any atom is -0.327 e. The van der Waals surface area contributed by atoms with E-state index in [0.717, 1.165) is 5.92 Å². The molecule has 0 bridgehead atoms. The summed E-state index contributed by atoms with van der Waals surface area (Å²) < 4.78 is 0. The van der Waals surface area contributed by atoms with E-state index >= 15 is 0 Å². The smallest absolute Gasteiger partial charge is 0.0107 e. The molecule has 2 N–H and O–H groups in total. The average Bonchev–Trinajstić information content (AvgIpc) is 2.30. The molecule has 3 nitrogen and oxygen atoms in total. The Kier molecular flexibility index (Phi) is 4.45. The number of piperidine rings is 2. The third kappa shape index (κ3) is 3.21. The zero-order chi connectivity index (χ0) is 12.4. The number of hydrogen-bond donors (Lipinski definition) is 1. The highest BCUT2D eigenvalue weighted by molar-refractivity contribution is 4.88. The highest BCUT2D eigenvalue weighted by Crippen LogP contribution is 2.25. The Morgan fingerprint density at radius 3 is 2.65 bits per heavy atom. The number of likely N-dealkylation sites (tertiary alicyclic amines) is 2. The summed E-state index contributed by atoms with van der Waals surface area (Å²) in [7, 11) is 2.25. The van der Waals surface area contributed by atoms with Crippen molar-refractivity contribution in [2.24, 2.45) is 17.6 Å². The summed E-state index contributed by atoms with van der Waals surface area (Å²) in [5.74, 6) is 1.52. The predicted molar refractivity (Wildman–Crippen MR) is 73.0 cm³/mol. The van der Waals surface area contributed by atoms with Crippen LogP contribution in [0.2, 0.25) is 0 Å². The number of hydrogen-bond acceptors (Lipinski definition) is 3. The SMILES string of the molecule is CC1C(N)CCN(CC2CCCN(C)C2)C1C. The van der Waals surface area contributed by atoms with E-state index in [9.17, 15) is 0 Å². The third-order valence-corrected chi connectivity index (χ3v) is 4.98. The fourth-order valence-corrected chi connectivity index (χ4v) is 3.48. The lowest BCUT2D eigenvalue weighted by Crippen LogP contribution is -2.53. The second-order valence-electron chi connectivity index (χ2n) is 6.32. The quantitative estimate of drug-likeness (QED) is 0.790. The van der Waals surface area contributed by atoms with Crippen molar-refractivity contribution in [3.05, 3.63) is 0 Å². The molecule has 0 amide bonds. The van der Waals surface area contributed by atoms with Gasteiger partial charge in [-0.3, -0.25) is 4.90 Å². The number of nitrogens with two attached hydrogens (primary N) is 1. The first-order valence-corrected chi connectivity index (χ1v) is 7.26. The Morgan fingerprint density at radius 2 is 1.94 bits per heavy atom. The first-order chi connectivity index (χ1) is 8.08. The molecule has 2 aliphatic heterocycles. The lowest BCUT2D eigenvalue weighted by Gasteiger charge is -2.44. The van der Waals surface area contributed by atoms with Gasteiger partial charge in [0.25, 0.3) is 0 Å². The van der Waals surface area contributed by atoms with Crippen molar-refractivity contribution in [2.45, 2.75) is 45.2 Å². The molecule has 2 fully saturated rings. The molecule has 0 radical (unpaired) electrons. The van der Waals surface area contributed by atoms with Crippen LogP contribution in [0.25, 0.3) is 0 Å². The standard InChI is InChI=1S/C14H29N3/c1-11-12(2)17(8-6-14(11)15)10-13-5-4-7-16(3)9-13/h11-14H,4-10,15H2,1-3H3. The van der Waals surface area contributed by atoms with Gasteiger partial charge in [0.15, 0.2) is 0 Å². The summed E-state index contributed by atoms with van der Waals surface area (Å²) in [6.07, 6.45) is 3.96. The van der Waals surface area contributed by atoms with Crippen LogP contribution in [-0.4, -0.2) is 55.1 Å². The molecule has 0 aromatic heterocycles. The molecular weight excluding hydrogens is 210 g/mol. The molecule has 4 unspecified atom stereocenters. The van der Waals surface area contributed by atoms with Crippen molar-refractivity contribution in [2.75, 3.05) is 33.2 Å². The highest BCUT2D eigenvalue weighted by Gasteiger charge is 2.31. The van der Waals surface area contributed by atoms with Crippen LogP contribution in [0, 0.1) is 11.8 Å². The van der Waals surface area contributed by atoms with Crippen LogP contribution in [0.15, 0.2) is 0 Å². The lowest BCUT2D eigenvalue weighted by molar-refractivity contribution is 0.0643. The molecule has 0 aromatic carbocycles. The highest BCUT2D eigenvalue weighted by atomic mass is 15.2. The van der Waals surface area contributed by atoms with E-state index in [1.807, 2.05) is 0 Å². The maximum Gasteiger partial charge on any atom is 0.0107 e. The minimum atomic E-state index is 0.412. The van der Waals surface area contributed by atoms with Crippen molar-refractivity contribution in [3.8, 4) is 0 Å². The Hall–Kier alpha value is -0.120. The molecular formula is C14H29N3. The summed E-state index contributed by atoms with van der Waals surface area (Å²) in [5.41, 5.74) is 6.15. The first kappa shape index (κ1) is 13.3. The molecule has 0 aromatic rings. The monoisotopic (exact) mass is 239 g/mol. The predicted octanol–water partition coefficient (Wildman–Crippen LogP) is 1.39. The van der Waals surface area contributed by atoms with E-state index in [2.05, 4.69) is 30.7 Å². The first-order valence-electron chi connectivity index (χ1n) is 7.26. The number of nitrogens with zero attached hydrogens (tertiary/aromatic N) is 2. The molecule has 17 heavy (non-hydrogen) atoms. The van der Waals surface area contributed by atoms with Crippen molar-refractivity contribution < 1.29 is 0 Å². The second-order valence-corrected chi connectivity index (χ2v) is 6.32. The minimum absolute atomic E-state index is 0.412. The van der Waals surface area contributed by atoms with Crippen LogP contribution >= 0.6 is 0 Å². The van der Waals surface area contributed by atoms with Crippen molar-refractivity contribution in [3.63, 3.8) is 0 Å². The van der Waals surface area contributed by atoms with Crippen LogP contribution in [0.1, 0.15) is 33.1 Å². The van der Waals surface area contributed by atoms with E-state index in [1.54, 1.807) is 0 Å². The molecule has 3 heteroatoms. The molecule has 4 atom stereocenters. The molecule has 2 heterocycles. The van der Waals surface area contributed by atoms with Crippen LogP contribution < -0.4 is 5.73 Å². The van der Waals surface area contributed by atoms with Gasteiger partial charge in [-0.15, -0.1) is 0 Å². The van der Waals surface area contributed by atoms with Gasteiger partial charge in [-0.25, -0.2) is 0 Å². The van der Waals surface area contributed by atoms with Crippen molar-refractivity contribution in [1.29, 1.82) is 0 Å². The molecule has 2 aliphatic rings. The van der Waals surface area contributed by atoms with Crippen LogP contribution in [0.3, 0.4) is 0 Å². The van der Waals surface area contributed by atoms with Crippen molar-refractivity contribution >= 4 is 0 Å². The summed E-state index contributed by atoms with van der Waals surface area (Å²) in [6.45, 7) is 9.72. The number of rotatable bonds is 2. The normalized spacial score (nSPS) is 41.6. The molecule has 100 valence electrons. The third-order valence-electron chi connectivity index (χ3n) is 4.98. The van der Waals surface area contributed by atoms with E-state index in [0.29, 0.717) is 18.0 Å². The molecule has 2 rings (SSSR count). The maximum absolute atomic E-state index is 6.15. The van der Waals surface area contributed by atoms with Crippen LogP contribution in [0.4, 0.5) is 0 Å². The summed E-state index contributed by atoms with van der Waals surface area (Å²) in [5, 5.41) is 0. The summed E-state index contributed by atoms with van der Waals surface area (Å²) in [4.78, 5) is 5.16. The second kappa shape index (κ2) is 5.68. The Morgan fingerprint density at radius 1 is 1.18 bits per heavy atom. The Bertz CT molecular complexity index is 244. The average molecular weight is 239 g/mol. The van der Waals surface area contributed by atoms with Crippen LogP contribution in [-0.2, 0) is 0 Å². The van der Waals surface area contributed by atoms with E-state index in [4.69, 9.17) is 5.73 Å². The van der Waals surface area contributed by atoms with Gasteiger partial charge in [0.05, 0.1) is 0 Å². The van der Waals surface area contributed by atoms with E-state index in [1.165, 1.54) is 45.4 Å². The van der Waals surface area contributed by atoms with Gasteiger partial charge in [-0.1, -0.05) is 6.92 Å². The molecule has 0 spiro atoms. The van der Waals surface area contributed by atoms with Gasteiger partial charge in [-0.05, 0) is 58.2 Å². The Labute approximate surface area is 106 Å². The fraction of sp³-hybridized carbons (Fsp3) is 1.00. The topological polar surface area (TPSA) is 32.5 Å². The summed E-state index contributed by atoms with van der Waals surface area (Å²) in [6, 6.07) is 1.07. The fourth-order valence-electron chi connectivity index (χ4n) is 3.48. The Balaban J connectivity index is 1.86. The molecule has 0 saturated carbocycles. The van der Waals surface area contributed by atoms with Gasteiger partial charge in [-0.2, -0.15) is 0 Å². The van der Waals surface area contributed by atoms with Gasteiger partial charge in [0.1, 0.15) is 0 Å². The summed E-state index contributed by atoms with van der Waals surface area (Å²) >= 11 is 0. The van der Waals surface area contributed by atoms with Gasteiger partial charge in [0, 0.05) is 25.2 Å². The van der Waals surface area contributed by atoms with Gasteiger partial charge < -0.3 is 10.6 Å². The largest absolute Gasteiger partial charge is 0.327 e. The maximum atomic E-state index is 6.15. The van der Waals surface area contributed by atoms with E-state index in [-0.39, 0.29) is 0 Å². The zero-order valence-electron chi connectivity index (χ0n) is 11.7. The lowest BCUT2D eigenvalue weighted by atomic mass is 9.86. The van der Waals surface area contributed by atoms with Crippen LogP contribution in [0.5, 0.6) is 0 Å². The molecule has 2 saturated heterocycles. The van der Waals surface area contributed by atoms with E-state index < -0.39 is 0 Å². The zero-order valence-corrected chi connectivity index (χ0v) is 11.7. The van der Waals surface area contributed by atoms with Gasteiger partial charge in [0.2, 0.25) is 0 Å². The molecule has 0 aliphatic carbocycles. The van der Waals surface area contributed by atoms with Gasteiger partial charge >= 0.3 is 0 Å².